The van der Waals surface area contributed by atoms with Crippen molar-refractivity contribution < 1.29 is 0 Å². The first kappa shape index (κ1) is 17.2. The Bertz CT molecular complexity index is 688. The molecular formula is C15H12BrCl4N. The number of benzene rings is 2. The predicted octanol–water partition coefficient (Wildman–Crippen LogP) is 7.54. The molecule has 0 amide bonds. The highest BCUT2D eigenvalue weighted by molar-refractivity contribution is 9.10. The number of rotatable bonds is 3. The van der Waals surface area contributed by atoms with E-state index in [0.717, 1.165) is 21.3 Å². The molecule has 2 aromatic rings. The Kier molecular flexibility index (Phi) is 5.72. The van der Waals surface area contributed by atoms with E-state index < -0.39 is 0 Å². The second-order valence-electron chi connectivity index (χ2n) is 4.71. The van der Waals surface area contributed by atoms with E-state index in [-0.39, 0.29) is 6.04 Å². The van der Waals surface area contributed by atoms with Crippen molar-refractivity contribution in [3.8, 4) is 0 Å². The molecule has 0 saturated carbocycles. The van der Waals surface area contributed by atoms with Gasteiger partial charge >= 0.3 is 0 Å². The number of anilines is 1. The topological polar surface area (TPSA) is 12.0 Å². The average Bonchev–Trinajstić information content (AvgIpc) is 2.42. The van der Waals surface area contributed by atoms with Gasteiger partial charge in [0.2, 0.25) is 0 Å². The van der Waals surface area contributed by atoms with Crippen molar-refractivity contribution in [2.24, 2.45) is 0 Å². The summed E-state index contributed by atoms with van der Waals surface area (Å²) < 4.78 is 0.937. The number of nitrogens with one attached hydrogen (secondary N) is 1. The highest BCUT2D eigenvalue weighted by Crippen LogP contribution is 2.38. The summed E-state index contributed by atoms with van der Waals surface area (Å²) in [6.45, 7) is 3.95. The van der Waals surface area contributed by atoms with Crippen LogP contribution in [0.2, 0.25) is 20.1 Å². The summed E-state index contributed by atoms with van der Waals surface area (Å²) in [6, 6.07) is 7.39. The fourth-order valence-electron chi connectivity index (χ4n) is 1.94. The second kappa shape index (κ2) is 6.97. The van der Waals surface area contributed by atoms with Crippen LogP contribution in [-0.4, -0.2) is 0 Å². The monoisotopic (exact) mass is 425 g/mol. The van der Waals surface area contributed by atoms with Crippen LogP contribution < -0.4 is 5.32 Å². The normalized spacial score (nSPS) is 12.3. The van der Waals surface area contributed by atoms with E-state index in [1.54, 1.807) is 6.07 Å². The Balaban J connectivity index is 2.32. The molecule has 1 N–H and O–H groups in total. The quantitative estimate of drug-likeness (QED) is 0.498. The first-order valence-corrected chi connectivity index (χ1v) is 8.47. The van der Waals surface area contributed by atoms with Crippen LogP contribution in [0.1, 0.15) is 24.1 Å². The molecule has 0 fully saturated rings. The Morgan fingerprint density at radius 1 is 1.00 bits per heavy atom. The molecule has 21 heavy (non-hydrogen) atoms. The van der Waals surface area contributed by atoms with Crippen LogP contribution in [0.25, 0.3) is 0 Å². The molecule has 0 bridgehead atoms. The molecule has 2 rings (SSSR count). The van der Waals surface area contributed by atoms with Gasteiger partial charge in [0.25, 0.3) is 0 Å². The summed E-state index contributed by atoms with van der Waals surface area (Å²) in [4.78, 5) is 0. The number of aryl methyl sites for hydroxylation is 1. The predicted molar refractivity (Wildman–Crippen MR) is 97.4 cm³/mol. The van der Waals surface area contributed by atoms with Crippen molar-refractivity contribution >= 4 is 68.0 Å². The van der Waals surface area contributed by atoms with Gasteiger partial charge in [-0.25, -0.2) is 0 Å². The van der Waals surface area contributed by atoms with Crippen molar-refractivity contribution in [3.05, 3.63) is 60.0 Å². The molecular weight excluding hydrogens is 416 g/mol. The fraction of sp³-hybridized carbons (Fsp3) is 0.200. The van der Waals surface area contributed by atoms with Crippen LogP contribution in [0.4, 0.5) is 5.69 Å². The molecule has 0 radical (unpaired) electrons. The lowest BCUT2D eigenvalue weighted by Crippen LogP contribution is -2.08. The lowest BCUT2D eigenvalue weighted by atomic mass is 10.1. The highest BCUT2D eigenvalue weighted by Gasteiger charge is 2.15. The SMILES string of the molecule is Cc1cc(Br)c(NC(C)c2ccc(Cl)c(Cl)c2Cl)cc1Cl. The van der Waals surface area contributed by atoms with E-state index in [1.807, 2.05) is 32.0 Å². The Morgan fingerprint density at radius 2 is 1.67 bits per heavy atom. The van der Waals surface area contributed by atoms with Gasteiger partial charge in [-0.05, 0) is 59.1 Å². The molecule has 1 unspecified atom stereocenters. The zero-order chi connectivity index (χ0) is 15.7. The molecule has 1 atom stereocenters. The molecule has 112 valence electrons. The zero-order valence-electron chi connectivity index (χ0n) is 11.3. The van der Waals surface area contributed by atoms with Gasteiger partial charge in [-0.3, -0.25) is 0 Å². The van der Waals surface area contributed by atoms with Gasteiger partial charge in [0.1, 0.15) is 0 Å². The molecule has 0 aliphatic rings. The van der Waals surface area contributed by atoms with Gasteiger partial charge in [0.05, 0.1) is 26.8 Å². The molecule has 0 heterocycles. The van der Waals surface area contributed by atoms with Crippen molar-refractivity contribution in [1.29, 1.82) is 0 Å². The van der Waals surface area contributed by atoms with Crippen molar-refractivity contribution in [2.45, 2.75) is 19.9 Å². The van der Waals surface area contributed by atoms with Crippen LogP contribution in [0.15, 0.2) is 28.7 Å². The standard InChI is InChI=1S/C15H12BrCl4N/c1-7-5-10(16)13(6-12(7)18)21-8(2)9-3-4-11(17)15(20)14(9)19/h3-6,8,21H,1-2H3. The van der Waals surface area contributed by atoms with Crippen LogP contribution >= 0.6 is 62.3 Å². The zero-order valence-corrected chi connectivity index (χ0v) is 15.9. The summed E-state index contributed by atoms with van der Waals surface area (Å²) in [5.74, 6) is 0. The summed E-state index contributed by atoms with van der Waals surface area (Å²) in [5.41, 5.74) is 2.77. The third kappa shape index (κ3) is 3.80. The molecule has 0 aliphatic heterocycles. The summed E-state index contributed by atoms with van der Waals surface area (Å²) in [6.07, 6.45) is 0. The second-order valence-corrected chi connectivity index (χ2v) is 7.14. The first-order chi connectivity index (χ1) is 9.81. The highest BCUT2D eigenvalue weighted by atomic mass is 79.9. The van der Waals surface area contributed by atoms with Crippen molar-refractivity contribution in [2.75, 3.05) is 5.32 Å². The maximum atomic E-state index is 6.26. The van der Waals surface area contributed by atoms with E-state index in [4.69, 9.17) is 46.4 Å². The Morgan fingerprint density at radius 3 is 2.33 bits per heavy atom. The van der Waals surface area contributed by atoms with Gasteiger partial charge in [0, 0.05) is 9.50 Å². The lowest BCUT2D eigenvalue weighted by Gasteiger charge is -2.19. The van der Waals surface area contributed by atoms with Gasteiger partial charge in [-0.15, -0.1) is 0 Å². The minimum Gasteiger partial charge on any atom is -0.378 e. The van der Waals surface area contributed by atoms with Crippen LogP contribution in [-0.2, 0) is 0 Å². The van der Waals surface area contributed by atoms with E-state index in [0.29, 0.717) is 20.1 Å². The summed E-state index contributed by atoms with van der Waals surface area (Å²) >= 11 is 28.0. The lowest BCUT2D eigenvalue weighted by molar-refractivity contribution is 0.884. The summed E-state index contributed by atoms with van der Waals surface area (Å²) in [5, 5.41) is 5.33. The molecule has 1 nitrogen and oxygen atoms in total. The smallest absolute Gasteiger partial charge is 0.0782 e. The molecule has 0 saturated heterocycles. The first-order valence-electron chi connectivity index (χ1n) is 6.16. The number of hydrogen-bond donors (Lipinski definition) is 1. The summed E-state index contributed by atoms with van der Waals surface area (Å²) in [7, 11) is 0. The Labute approximate surface area is 152 Å². The van der Waals surface area contributed by atoms with Crippen LogP contribution in [0.5, 0.6) is 0 Å². The van der Waals surface area contributed by atoms with Crippen molar-refractivity contribution in [3.63, 3.8) is 0 Å². The van der Waals surface area contributed by atoms with Gasteiger partial charge < -0.3 is 5.32 Å². The molecule has 0 aliphatic carbocycles. The average molecular weight is 428 g/mol. The minimum absolute atomic E-state index is 0.0534. The van der Waals surface area contributed by atoms with E-state index in [2.05, 4.69) is 21.2 Å². The third-order valence-electron chi connectivity index (χ3n) is 3.15. The van der Waals surface area contributed by atoms with Gasteiger partial charge in [-0.2, -0.15) is 0 Å². The Hall–Kier alpha value is -0.120. The van der Waals surface area contributed by atoms with Crippen LogP contribution in [0, 0.1) is 6.92 Å². The molecule has 0 spiro atoms. The van der Waals surface area contributed by atoms with Gasteiger partial charge in [0.15, 0.2) is 0 Å². The van der Waals surface area contributed by atoms with E-state index in [1.165, 1.54) is 0 Å². The van der Waals surface area contributed by atoms with E-state index >= 15 is 0 Å². The van der Waals surface area contributed by atoms with Crippen molar-refractivity contribution in [1.82, 2.24) is 0 Å². The largest absolute Gasteiger partial charge is 0.378 e. The third-order valence-corrected chi connectivity index (χ3v) is 5.52. The molecule has 6 heteroatoms. The number of halogens is 5. The minimum atomic E-state index is -0.0534. The number of hydrogen-bond acceptors (Lipinski definition) is 1. The van der Waals surface area contributed by atoms with Crippen LogP contribution in [0.3, 0.4) is 0 Å². The van der Waals surface area contributed by atoms with Gasteiger partial charge in [-0.1, -0.05) is 52.5 Å². The molecule has 0 aromatic heterocycles. The fourth-order valence-corrected chi connectivity index (χ4v) is 3.39. The maximum absolute atomic E-state index is 6.26. The van der Waals surface area contributed by atoms with E-state index in [9.17, 15) is 0 Å². The maximum Gasteiger partial charge on any atom is 0.0782 e. The molecule has 2 aromatic carbocycles.